The number of rotatable bonds is 2. The number of alkyl halides is 1. The molecule has 0 atom stereocenters. The van der Waals surface area contributed by atoms with Crippen LogP contribution in [0, 0.1) is 5.92 Å². The summed E-state index contributed by atoms with van der Waals surface area (Å²) in [4.78, 5) is 11.5. The van der Waals surface area contributed by atoms with Gasteiger partial charge in [0.2, 0.25) is 0 Å². The Labute approximate surface area is 106 Å². The number of halogens is 1. The maximum Gasteiger partial charge on any atom is 0.407 e. The highest BCUT2D eigenvalue weighted by atomic mass is 79.9. The van der Waals surface area contributed by atoms with Crippen LogP contribution in [-0.2, 0) is 4.74 Å². The van der Waals surface area contributed by atoms with Crippen molar-refractivity contribution >= 4 is 22.0 Å². The lowest BCUT2D eigenvalue weighted by atomic mass is 9.89. The number of amides is 1. The minimum Gasteiger partial charge on any atom is -0.446 e. The molecule has 0 bridgehead atoms. The summed E-state index contributed by atoms with van der Waals surface area (Å²) in [5.74, 6) is 0.755. The van der Waals surface area contributed by atoms with Crippen molar-refractivity contribution in [2.75, 3.05) is 5.33 Å². The second-order valence-electron chi connectivity index (χ2n) is 5.58. The van der Waals surface area contributed by atoms with Crippen LogP contribution in [0.25, 0.3) is 0 Å². The third-order valence-corrected chi connectivity index (χ3v) is 3.68. The zero-order valence-electron chi connectivity index (χ0n) is 10.4. The van der Waals surface area contributed by atoms with E-state index in [9.17, 15) is 4.79 Å². The summed E-state index contributed by atoms with van der Waals surface area (Å²) in [6, 6.07) is 0. The SMILES string of the molecule is CC(C)(C)NC(=O)O[C@H]1CC[C@H](CBr)CC1. The van der Waals surface area contributed by atoms with Crippen LogP contribution in [0.2, 0.25) is 0 Å². The van der Waals surface area contributed by atoms with E-state index in [0.29, 0.717) is 0 Å². The van der Waals surface area contributed by atoms with E-state index in [1.807, 2.05) is 20.8 Å². The normalized spacial score (nSPS) is 26.2. The quantitative estimate of drug-likeness (QED) is 0.791. The van der Waals surface area contributed by atoms with E-state index in [1.54, 1.807) is 0 Å². The standard InChI is InChI=1S/C12H22BrNO2/c1-12(2,3)14-11(15)16-10-6-4-9(8-13)5-7-10/h9-10H,4-8H2,1-3H3,(H,14,15)/t9-,10-. The molecule has 1 aliphatic rings. The second kappa shape index (κ2) is 5.89. The van der Waals surface area contributed by atoms with Gasteiger partial charge in [-0.15, -0.1) is 0 Å². The Morgan fingerprint density at radius 2 is 1.88 bits per heavy atom. The van der Waals surface area contributed by atoms with Gasteiger partial charge in [-0.1, -0.05) is 15.9 Å². The van der Waals surface area contributed by atoms with Gasteiger partial charge >= 0.3 is 6.09 Å². The fourth-order valence-corrected chi connectivity index (χ4v) is 2.54. The zero-order valence-corrected chi connectivity index (χ0v) is 12.0. The second-order valence-corrected chi connectivity index (χ2v) is 6.22. The molecule has 1 amide bonds. The third kappa shape index (κ3) is 5.19. The topological polar surface area (TPSA) is 38.3 Å². The Hall–Kier alpha value is -0.250. The molecule has 0 heterocycles. The first-order valence-corrected chi connectivity index (χ1v) is 7.07. The maximum absolute atomic E-state index is 11.5. The molecular formula is C12H22BrNO2. The van der Waals surface area contributed by atoms with Gasteiger partial charge < -0.3 is 10.1 Å². The van der Waals surface area contributed by atoms with Gasteiger partial charge in [0.15, 0.2) is 0 Å². The van der Waals surface area contributed by atoms with Gasteiger partial charge in [0.25, 0.3) is 0 Å². The zero-order chi connectivity index (χ0) is 12.2. The predicted molar refractivity (Wildman–Crippen MR) is 68.9 cm³/mol. The molecule has 0 spiro atoms. The number of hydrogen-bond donors (Lipinski definition) is 1. The van der Waals surface area contributed by atoms with Crippen LogP contribution in [0.1, 0.15) is 46.5 Å². The van der Waals surface area contributed by atoms with E-state index in [0.717, 1.165) is 36.9 Å². The van der Waals surface area contributed by atoms with Crippen LogP contribution < -0.4 is 5.32 Å². The lowest BCUT2D eigenvalue weighted by Gasteiger charge is -2.28. The largest absolute Gasteiger partial charge is 0.446 e. The molecule has 0 radical (unpaired) electrons. The summed E-state index contributed by atoms with van der Waals surface area (Å²) >= 11 is 3.50. The smallest absolute Gasteiger partial charge is 0.407 e. The Morgan fingerprint density at radius 1 is 1.31 bits per heavy atom. The van der Waals surface area contributed by atoms with Gasteiger partial charge in [-0.25, -0.2) is 4.79 Å². The first-order chi connectivity index (χ1) is 7.40. The van der Waals surface area contributed by atoms with Crippen LogP contribution in [0.5, 0.6) is 0 Å². The summed E-state index contributed by atoms with van der Waals surface area (Å²) in [5.41, 5.74) is -0.218. The molecule has 0 aliphatic heterocycles. The van der Waals surface area contributed by atoms with E-state index in [-0.39, 0.29) is 17.7 Å². The third-order valence-electron chi connectivity index (χ3n) is 2.76. The highest BCUT2D eigenvalue weighted by molar-refractivity contribution is 9.09. The van der Waals surface area contributed by atoms with Crippen molar-refractivity contribution in [1.82, 2.24) is 5.32 Å². The summed E-state index contributed by atoms with van der Waals surface area (Å²) < 4.78 is 5.39. The molecule has 3 nitrogen and oxygen atoms in total. The number of hydrogen-bond acceptors (Lipinski definition) is 2. The lowest BCUT2D eigenvalue weighted by molar-refractivity contribution is 0.0623. The number of carbonyl (C=O) groups excluding carboxylic acids is 1. The molecule has 16 heavy (non-hydrogen) atoms. The highest BCUT2D eigenvalue weighted by Gasteiger charge is 2.24. The minimum atomic E-state index is -0.283. The first-order valence-electron chi connectivity index (χ1n) is 5.95. The average molecular weight is 292 g/mol. The molecule has 0 saturated heterocycles. The van der Waals surface area contributed by atoms with E-state index < -0.39 is 0 Å². The number of nitrogens with one attached hydrogen (secondary N) is 1. The van der Waals surface area contributed by atoms with Gasteiger partial charge in [-0.2, -0.15) is 0 Å². The van der Waals surface area contributed by atoms with Gasteiger partial charge in [-0.3, -0.25) is 0 Å². The molecule has 0 unspecified atom stereocenters. The Bertz CT molecular complexity index is 230. The van der Waals surface area contributed by atoms with Crippen molar-refractivity contribution in [3.05, 3.63) is 0 Å². The predicted octanol–water partition coefficient (Wildman–Crippen LogP) is 3.46. The molecule has 4 heteroatoms. The van der Waals surface area contributed by atoms with Crippen LogP contribution in [-0.4, -0.2) is 23.1 Å². The lowest BCUT2D eigenvalue weighted by Crippen LogP contribution is -2.42. The van der Waals surface area contributed by atoms with Gasteiger partial charge in [0, 0.05) is 10.9 Å². The minimum absolute atomic E-state index is 0.109. The van der Waals surface area contributed by atoms with Crippen molar-refractivity contribution in [2.24, 2.45) is 5.92 Å². The number of alkyl carbamates (subject to hydrolysis) is 1. The fraction of sp³-hybridized carbons (Fsp3) is 0.917. The summed E-state index contributed by atoms with van der Waals surface area (Å²) in [6.07, 6.45) is 4.12. The molecule has 1 saturated carbocycles. The molecule has 0 aromatic heterocycles. The summed E-state index contributed by atoms with van der Waals surface area (Å²) in [5, 5.41) is 3.88. The molecule has 1 N–H and O–H groups in total. The Balaban J connectivity index is 2.26. The average Bonchev–Trinajstić information content (AvgIpc) is 2.16. The van der Waals surface area contributed by atoms with Crippen LogP contribution in [0.15, 0.2) is 0 Å². The molecular weight excluding hydrogens is 270 g/mol. The molecule has 1 fully saturated rings. The molecule has 1 rings (SSSR count). The van der Waals surface area contributed by atoms with Crippen LogP contribution in [0.4, 0.5) is 4.79 Å². The van der Waals surface area contributed by atoms with Crippen molar-refractivity contribution in [3.8, 4) is 0 Å². The van der Waals surface area contributed by atoms with E-state index in [4.69, 9.17) is 4.74 Å². The van der Waals surface area contributed by atoms with Crippen molar-refractivity contribution in [1.29, 1.82) is 0 Å². The number of ether oxygens (including phenoxy) is 1. The summed E-state index contributed by atoms with van der Waals surface area (Å²) in [6.45, 7) is 5.86. The Morgan fingerprint density at radius 3 is 2.31 bits per heavy atom. The first kappa shape index (κ1) is 13.8. The fourth-order valence-electron chi connectivity index (χ4n) is 1.89. The Kier molecular flexibility index (Phi) is 5.09. The molecule has 0 aromatic carbocycles. The monoisotopic (exact) mass is 291 g/mol. The van der Waals surface area contributed by atoms with Gasteiger partial charge in [0.05, 0.1) is 0 Å². The van der Waals surface area contributed by atoms with Crippen molar-refractivity contribution in [3.63, 3.8) is 0 Å². The van der Waals surface area contributed by atoms with E-state index in [2.05, 4.69) is 21.2 Å². The van der Waals surface area contributed by atoms with Crippen molar-refractivity contribution < 1.29 is 9.53 Å². The van der Waals surface area contributed by atoms with Crippen LogP contribution >= 0.6 is 15.9 Å². The van der Waals surface area contributed by atoms with Crippen LogP contribution in [0.3, 0.4) is 0 Å². The highest BCUT2D eigenvalue weighted by Crippen LogP contribution is 2.27. The van der Waals surface area contributed by atoms with Crippen molar-refractivity contribution in [2.45, 2.75) is 58.1 Å². The van der Waals surface area contributed by atoms with E-state index in [1.165, 1.54) is 0 Å². The summed E-state index contributed by atoms with van der Waals surface area (Å²) in [7, 11) is 0. The van der Waals surface area contributed by atoms with Gasteiger partial charge in [-0.05, 0) is 52.4 Å². The molecule has 1 aliphatic carbocycles. The van der Waals surface area contributed by atoms with Gasteiger partial charge in [0.1, 0.15) is 6.10 Å². The van der Waals surface area contributed by atoms with E-state index >= 15 is 0 Å². The molecule has 0 aromatic rings. The molecule has 94 valence electrons. The maximum atomic E-state index is 11.5. The number of carbonyl (C=O) groups is 1.